The zero-order valence-corrected chi connectivity index (χ0v) is 14.2. The molecule has 26 heavy (non-hydrogen) atoms. The van der Waals surface area contributed by atoms with E-state index < -0.39 is 12.1 Å². The number of benzene rings is 1. The molecule has 2 aromatic heterocycles. The smallest absolute Gasteiger partial charge is 0.351 e. The molecule has 8 nitrogen and oxygen atoms in total. The number of hydrogen-bond acceptors (Lipinski definition) is 8. The summed E-state index contributed by atoms with van der Waals surface area (Å²) < 4.78 is 27.3. The fraction of sp³-hybridized carbons (Fsp3) is 0.278. The first-order chi connectivity index (χ1) is 12.6. The Morgan fingerprint density at radius 3 is 2.77 bits per heavy atom. The monoisotopic (exact) mass is 356 g/mol. The quantitative estimate of drug-likeness (QED) is 0.658. The third kappa shape index (κ3) is 3.13. The summed E-state index contributed by atoms with van der Waals surface area (Å²) in [4.78, 5) is 12.2. The van der Waals surface area contributed by atoms with Gasteiger partial charge in [-0.3, -0.25) is 0 Å². The van der Waals surface area contributed by atoms with Gasteiger partial charge in [0, 0.05) is 0 Å². The lowest BCUT2D eigenvalue weighted by molar-refractivity contribution is -0.156. The second-order valence-electron chi connectivity index (χ2n) is 5.80. The van der Waals surface area contributed by atoms with Crippen molar-refractivity contribution in [3.05, 3.63) is 47.7 Å². The molecule has 1 aliphatic rings. The van der Waals surface area contributed by atoms with Gasteiger partial charge in [-0.1, -0.05) is 12.1 Å². The van der Waals surface area contributed by atoms with Crippen LogP contribution in [0.25, 0.3) is 11.5 Å². The zero-order chi connectivity index (χ0) is 18.1. The molecule has 0 saturated carbocycles. The van der Waals surface area contributed by atoms with Crippen molar-refractivity contribution in [3.63, 3.8) is 0 Å². The Morgan fingerprint density at radius 2 is 2.00 bits per heavy atom. The predicted octanol–water partition coefficient (Wildman–Crippen LogP) is 2.83. The van der Waals surface area contributed by atoms with Crippen molar-refractivity contribution in [2.45, 2.75) is 26.6 Å². The Morgan fingerprint density at radius 1 is 1.19 bits per heavy atom. The van der Waals surface area contributed by atoms with Crippen LogP contribution in [0.15, 0.2) is 39.2 Å². The van der Waals surface area contributed by atoms with Gasteiger partial charge in [0.05, 0.1) is 5.56 Å². The maximum atomic E-state index is 12.2. The minimum Gasteiger partial charge on any atom is -0.485 e. The molecule has 134 valence electrons. The fourth-order valence-corrected chi connectivity index (χ4v) is 2.63. The number of furan rings is 1. The Hall–Kier alpha value is -3.29. The number of fused-ring (bicyclic) bond motifs is 1. The summed E-state index contributed by atoms with van der Waals surface area (Å²) in [5.41, 5.74) is 0.716. The van der Waals surface area contributed by atoms with Crippen LogP contribution < -0.4 is 9.47 Å². The average Bonchev–Trinajstić information content (AvgIpc) is 3.25. The molecule has 1 aromatic carbocycles. The molecule has 4 rings (SSSR count). The van der Waals surface area contributed by atoms with Gasteiger partial charge in [0.1, 0.15) is 18.1 Å². The van der Waals surface area contributed by atoms with Crippen molar-refractivity contribution in [1.29, 1.82) is 0 Å². The molecule has 0 unspecified atom stereocenters. The second-order valence-corrected chi connectivity index (χ2v) is 5.80. The number of esters is 1. The molecule has 0 spiro atoms. The average molecular weight is 356 g/mol. The molecule has 0 saturated heterocycles. The Balaban J connectivity index is 1.38. The summed E-state index contributed by atoms with van der Waals surface area (Å²) in [5.74, 6) is 2.48. The van der Waals surface area contributed by atoms with Gasteiger partial charge < -0.3 is 23.0 Å². The number of ether oxygens (including phenoxy) is 3. The van der Waals surface area contributed by atoms with Gasteiger partial charge in [-0.15, -0.1) is 10.2 Å². The van der Waals surface area contributed by atoms with Crippen LogP contribution in [-0.4, -0.2) is 28.9 Å². The molecule has 3 heterocycles. The van der Waals surface area contributed by atoms with Crippen molar-refractivity contribution >= 4 is 5.97 Å². The van der Waals surface area contributed by atoms with Gasteiger partial charge in [0.2, 0.25) is 6.10 Å². The fourth-order valence-electron chi connectivity index (χ4n) is 2.63. The minimum absolute atomic E-state index is 0.0818. The first kappa shape index (κ1) is 16.2. The summed E-state index contributed by atoms with van der Waals surface area (Å²) >= 11 is 0. The van der Waals surface area contributed by atoms with E-state index in [0.717, 1.165) is 5.76 Å². The number of rotatable bonds is 4. The molecule has 1 atom stereocenters. The topological polar surface area (TPSA) is 96.8 Å². The van der Waals surface area contributed by atoms with Crippen LogP contribution in [0.2, 0.25) is 0 Å². The molecule has 3 aromatic rings. The maximum absolute atomic E-state index is 12.2. The standard InChI is InChI=1S/C18H16N2O6/c1-10-7-12(11(2)24-10)17-20-19-16(26-17)9-23-18(21)15-8-22-13-5-3-4-6-14(13)25-15/h3-7,15H,8-9H2,1-2H3/t15-/m1/s1. The molecule has 0 N–H and O–H groups in total. The molecular weight excluding hydrogens is 340 g/mol. The van der Waals surface area contributed by atoms with E-state index in [4.69, 9.17) is 23.0 Å². The highest BCUT2D eigenvalue weighted by Crippen LogP contribution is 2.31. The number of hydrogen-bond donors (Lipinski definition) is 0. The van der Waals surface area contributed by atoms with Gasteiger partial charge in [-0.25, -0.2) is 4.79 Å². The largest absolute Gasteiger partial charge is 0.485 e. The molecule has 0 fully saturated rings. The molecule has 0 amide bonds. The van der Waals surface area contributed by atoms with Gasteiger partial charge in [-0.05, 0) is 32.0 Å². The number of nitrogens with zero attached hydrogens (tertiary/aromatic N) is 2. The van der Waals surface area contributed by atoms with Crippen LogP contribution in [0, 0.1) is 13.8 Å². The lowest BCUT2D eigenvalue weighted by Gasteiger charge is -2.24. The van der Waals surface area contributed by atoms with E-state index in [1.54, 1.807) is 18.2 Å². The second kappa shape index (κ2) is 6.55. The number of carbonyl (C=O) groups is 1. The lowest BCUT2D eigenvalue weighted by Crippen LogP contribution is -2.37. The molecule has 0 aliphatic carbocycles. The van der Waals surface area contributed by atoms with Crippen LogP contribution in [0.1, 0.15) is 17.4 Å². The van der Waals surface area contributed by atoms with Crippen LogP contribution in [0.3, 0.4) is 0 Å². The lowest BCUT2D eigenvalue weighted by atomic mass is 10.2. The number of carbonyl (C=O) groups excluding carboxylic acids is 1. The predicted molar refractivity (Wildman–Crippen MR) is 87.6 cm³/mol. The van der Waals surface area contributed by atoms with E-state index in [1.165, 1.54) is 0 Å². The Labute approximate surface area is 148 Å². The van der Waals surface area contributed by atoms with E-state index in [9.17, 15) is 4.79 Å². The first-order valence-corrected chi connectivity index (χ1v) is 8.05. The van der Waals surface area contributed by atoms with Gasteiger partial charge in [-0.2, -0.15) is 0 Å². The number of aryl methyl sites for hydroxylation is 2. The van der Waals surface area contributed by atoms with Crippen molar-refractivity contribution in [1.82, 2.24) is 10.2 Å². The van der Waals surface area contributed by atoms with Crippen LogP contribution >= 0.6 is 0 Å². The van der Waals surface area contributed by atoms with Crippen LogP contribution in [-0.2, 0) is 16.1 Å². The van der Waals surface area contributed by atoms with Crippen molar-refractivity contribution < 1.29 is 27.8 Å². The highest BCUT2D eigenvalue weighted by Gasteiger charge is 2.29. The summed E-state index contributed by atoms with van der Waals surface area (Å²) in [6.07, 6.45) is -0.842. The van der Waals surface area contributed by atoms with E-state index in [0.29, 0.717) is 28.7 Å². The number of aromatic nitrogens is 2. The van der Waals surface area contributed by atoms with E-state index >= 15 is 0 Å². The Bertz CT molecular complexity index is 945. The highest BCUT2D eigenvalue weighted by atomic mass is 16.6. The van der Waals surface area contributed by atoms with E-state index in [1.807, 2.05) is 26.0 Å². The molecule has 0 bridgehead atoms. The molecular formula is C18H16N2O6. The summed E-state index contributed by atoms with van der Waals surface area (Å²) in [7, 11) is 0. The van der Waals surface area contributed by atoms with E-state index in [2.05, 4.69) is 10.2 Å². The third-order valence-electron chi connectivity index (χ3n) is 3.85. The molecule has 1 aliphatic heterocycles. The van der Waals surface area contributed by atoms with Crippen molar-refractivity contribution in [2.75, 3.05) is 6.61 Å². The van der Waals surface area contributed by atoms with E-state index in [-0.39, 0.29) is 19.1 Å². The normalized spacial score (nSPS) is 15.7. The van der Waals surface area contributed by atoms with Crippen LogP contribution in [0.4, 0.5) is 0 Å². The molecule has 0 radical (unpaired) electrons. The van der Waals surface area contributed by atoms with Crippen molar-refractivity contribution in [3.8, 4) is 23.0 Å². The highest BCUT2D eigenvalue weighted by molar-refractivity contribution is 5.75. The summed E-state index contributed by atoms with van der Waals surface area (Å²) in [6.45, 7) is 3.58. The van der Waals surface area contributed by atoms with Crippen molar-refractivity contribution in [2.24, 2.45) is 0 Å². The number of para-hydroxylation sites is 2. The summed E-state index contributed by atoms with van der Waals surface area (Å²) in [6, 6.07) is 8.95. The van der Waals surface area contributed by atoms with Gasteiger partial charge in [0.15, 0.2) is 18.1 Å². The first-order valence-electron chi connectivity index (χ1n) is 8.05. The van der Waals surface area contributed by atoms with Crippen LogP contribution in [0.5, 0.6) is 11.5 Å². The molecule has 8 heteroatoms. The minimum atomic E-state index is -0.842. The zero-order valence-electron chi connectivity index (χ0n) is 14.2. The Kier molecular flexibility index (Phi) is 4.08. The summed E-state index contributed by atoms with van der Waals surface area (Å²) in [5, 5.41) is 7.85. The third-order valence-corrected chi connectivity index (χ3v) is 3.85. The van der Waals surface area contributed by atoms with Gasteiger partial charge in [0.25, 0.3) is 11.8 Å². The SMILES string of the molecule is Cc1cc(-c2nnc(COC(=O)[C@H]3COc4ccccc4O3)o2)c(C)o1. The maximum Gasteiger partial charge on any atom is 0.351 e. The van der Waals surface area contributed by atoms with Gasteiger partial charge >= 0.3 is 5.97 Å².